The molecule has 0 unspecified atom stereocenters. The van der Waals surface area contributed by atoms with E-state index in [-0.39, 0.29) is 9.79 Å². The van der Waals surface area contributed by atoms with Crippen molar-refractivity contribution < 1.29 is 25.3 Å². The van der Waals surface area contributed by atoms with Crippen LogP contribution >= 0.6 is 12.6 Å². The molecule has 0 saturated carbocycles. The number of hydrogen-bond acceptors (Lipinski definition) is 7. The second-order valence-electron chi connectivity index (χ2n) is 4.08. The number of sulfone groups is 3. The van der Waals surface area contributed by atoms with Crippen LogP contribution < -0.4 is 0 Å². The molecule has 0 amide bonds. The minimum Gasteiger partial charge on any atom is -0.224 e. The van der Waals surface area contributed by atoms with Crippen molar-refractivity contribution in [1.29, 1.82) is 0 Å². The van der Waals surface area contributed by atoms with Gasteiger partial charge in [-0.05, 0) is 12.1 Å². The van der Waals surface area contributed by atoms with E-state index in [9.17, 15) is 25.3 Å². The van der Waals surface area contributed by atoms with Gasteiger partial charge in [0.2, 0.25) is 0 Å². The zero-order valence-electron chi connectivity index (χ0n) is 10.3. The summed E-state index contributed by atoms with van der Waals surface area (Å²) in [5.74, 6) is 0. The Morgan fingerprint density at radius 1 is 0.737 bits per heavy atom. The topological polar surface area (TPSA) is 102 Å². The van der Waals surface area contributed by atoms with Crippen molar-refractivity contribution in [2.45, 2.75) is 19.6 Å². The van der Waals surface area contributed by atoms with Crippen LogP contribution in [0.25, 0.3) is 0 Å². The van der Waals surface area contributed by atoms with Gasteiger partial charge < -0.3 is 0 Å². The maximum Gasteiger partial charge on any atom is 0.176 e. The van der Waals surface area contributed by atoms with Crippen LogP contribution in [0.2, 0.25) is 0 Å². The number of thiol groups is 1. The fraction of sp³-hybridized carbons (Fsp3) is 0.333. The van der Waals surface area contributed by atoms with Crippen LogP contribution in [0.4, 0.5) is 0 Å². The molecule has 0 aliphatic rings. The van der Waals surface area contributed by atoms with Gasteiger partial charge in [-0.25, -0.2) is 25.3 Å². The Morgan fingerprint density at radius 3 is 1.26 bits per heavy atom. The Labute approximate surface area is 118 Å². The van der Waals surface area contributed by atoms with Gasteiger partial charge in [0.15, 0.2) is 29.5 Å². The highest BCUT2D eigenvalue weighted by Crippen LogP contribution is 2.30. The molecule has 0 spiro atoms. The van der Waals surface area contributed by atoms with Crippen molar-refractivity contribution in [1.82, 2.24) is 0 Å². The first-order chi connectivity index (χ1) is 8.24. The van der Waals surface area contributed by atoms with Crippen LogP contribution in [0.15, 0.2) is 31.7 Å². The molecule has 19 heavy (non-hydrogen) atoms. The minimum absolute atomic E-state index is 0.280. The Balaban J connectivity index is 4.00. The molecule has 0 saturated heterocycles. The Bertz CT molecular complexity index is 778. The molecule has 0 N–H and O–H groups in total. The van der Waals surface area contributed by atoms with Gasteiger partial charge in [0, 0.05) is 23.7 Å². The molecule has 1 aromatic carbocycles. The van der Waals surface area contributed by atoms with Gasteiger partial charge in [-0.2, -0.15) is 0 Å². The van der Waals surface area contributed by atoms with Crippen LogP contribution in [0.5, 0.6) is 0 Å². The molecule has 0 aliphatic heterocycles. The predicted octanol–water partition coefficient (Wildman–Crippen LogP) is 0.186. The van der Waals surface area contributed by atoms with Crippen molar-refractivity contribution in [3.63, 3.8) is 0 Å². The monoisotopic (exact) mass is 344 g/mol. The van der Waals surface area contributed by atoms with Crippen molar-refractivity contribution in [3.8, 4) is 0 Å². The quantitative estimate of drug-likeness (QED) is 0.785. The summed E-state index contributed by atoms with van der Waals surface area (Å²) in [4.78, 5) is -1.53. The van der Waals surface area contributed by atoms with Crippen LogP contribution in [0, 0.1) is 0 Å². The van der Waals surface area contributed by atoms with Crippen molar-refractivity contribution in [3.05, 3.63) is 12.1 Å². The summed E-state index contributed by atoms with van der Waals surface area (Å²) >= 11 is 3.89. The van der Waals surface area contributed by atoms with Crippen LogP contribution in [-0.2, 0) is 29.5 Å². The Morgan fingerprint density at radius 2 is 1.05 bits per heavy atom. The summed E-state index contributed by atoms with van der Waals surface area (Å²) in [5.41, 5.74) is 0. The molecular formula is C9H12O6S4. The van der Waals surface area contributed by atoms with E-state index in [1.54, 1.807) is 0 Å². The molecule has 0 atom stereocenters. The number of rotatable bonds is 3. The number of benzene rings is 1. The molecular weight excluding hydrogens is 332 g/mol. The van der Waals surface area contributed by atoms with Crippen LogP contribution in [0.3, 0.4) is 0 Å². The summed E-state index contributed by atoms with van der Waals surface area (Å²) in [7, 11) is -11.4. The molecule has 10 heteroatoms. The molecule has 0 fully saturated rings. The van der Waals surface area contributed by atoms with E-state index in [0.717, 1.165) is 30.9 Å². The van der Waals surface area contributed by atoms with Crippen molar-refractivity contribution in [2.24, 2.45) is 0 Å². The lowest BCUT2D eigenvalue weighted by Gasteiger charge is -2.10. The molecule has 1 rings (SSSR count). The third-order valence-electron chi connectivity index (χ3n) is 2.24. The van der Waals surface area contributed by atoms with Crippen molar-refractivity contribution >= 4 is 42.1 Å². The third-order valence-corrected chi connectivity index (χ3v) is 6.36. The summed E-state index contributed by atoms with van der Waals surface area (Å²) in [5, 5.41) is 0. The molecule has 108 valence electrons. The average Bonchev–Trinajstić information content (AvgIpc) is 2.11. The maximum atomic E-state index is 11.6. The third kappa shape index (κ3) is 3.71. The van der Waals surface area contributed by atoms with Gasteiger partial charge in [-0.1, -0.05) is 0 Å². The van der Waals surface area contributed by atoms with E-state index in [2.05, 4.69) is 12.6 Å². The number of hydrogen-bond donors (Lipinski definition) is 1. The Hall–Kier alpha value is -0.580. The normalized spacial score (nSPS) is 13.5. The Kier molecular flexibility index (Phi) is 4.13. The molecule has 0 radical (unpaired) electrons. The predicted molar refractivity (Wildman–Crippen MR) is 73.0 cm³/mol. The minimum atomic E-state index is -3.80. The molecule has 1 aromatic rings. The highest BCUT2D eigenvalue weighted by molar-refractivity contribution is 7.93. The SMILES string of the molecule is CS(=O)(=O)c1cc(S(C)(=O)=O)c(S)c(S(C)(=O)=O)c1. The van der Waals surface area contributed by atoms with Gasteiger partial charge in [0.05, 0.1) is 14.7 Å². The van der Waals surface area contributed by atoms with Crippen LogP contribution in [0.1, 0.15) is 0 Å². The standard InChI is InChI=1S/C9H12O6S4/c1-17(10,11)6-4-7(18(2,12)13)9(16)8(5-6)19(3,14)15/h4-5,16H,1-3H3. The lowest BCUT2D eigenvalue weighted by Crippen LogP contribution is -2.09. The van der Waals surface area contributed by atoms with Gasteiger partial charge >= 0.3 is 0 Å². The van der Waals surface area contributed by atoms with E-state index in [4.69, 9.17) is 0 Å². The molecule has 0 bridgehead atoms. The smallest absolute Gasteiger partial charge is 0.176 e. The molecule has 0 aromatic heterocycles. The van der Waals surface area contributed by atoms with E-state index in [1.165, 1.54) is 0 Å². The first-order valence-electron chi connectivity index (χ1n) is 4.72. The van der Waals surface area contributed by atoms with Gasteiger partial charge in [0.25, 0.3) is 0 Å². The summed E-state index contributed by atoms with van der Waals surface area (Å²) in [6.45, 7) is 0. The fourth-order valence-corrected chi connectivity index (χ4v) is 4.94. The van der Waals surface area contributed by atoms with E-state index >= 15 is 0 Å². The summed E-state index contributed by atoms with van der Waals surface area (Å²) in [6, 6.07) is 1.81. The van der Waals surface area contributed by atoms with E-state index in [0.29, 0.717) is 0 Å². The maximum absolute atomic E-state index is 11.6. The van der Waals surface area contributed by atoms with E-state index < -0.39 is 39.3 Å². The largest absolute Gasteiger partial charge is 0.224 e. The lowest BCUT2D eigenvalue weighted by atomic mass is 10.3. The lowest BCUT2D eigenvalue weighted by molar-refractivity contribution is 0.593. The van der Waals surface area contributed by atoms with E-state index in [1.807, 2.05) is 0 Å². The molecule has 0 aliphatic carbocycles. The molecule has 6 nitrogen and oxygen atoms in total. The summed E-state index contributed by atoms with van der Waals surface area (Å²) in [6.07, 6.45) is 2.55. The van der Waals surface area contributed by atoms with Crippen LogP contribution in [-0.4, -0.2) is 44.0 Å². The second-order valence-corrected chi connectivity index (χ2v) is 10.5. The highest BCUT2D eigenvalue weighted by atomic mass is 32.2. The van der Waals surface area contributed by atoms with Gasteiger partial charge in [-0.3, -0.25) is 0 Å². The van der Waals surface area contributed by atoms with Gasteiger partial charge in [-0.15, -0.1) is 12.6 Å². The van der Waals surface area contributed by atoms with Gasteiger partial charge in [0.1, 0.15) is 0 Å². The fourth-order valence-electron chi connectivity index (χ4n) is 1.34. The summed E-state index contributed by atoms with van der Waals surface area (Å²) < 4.78 is 69.3. The average molecular weight is 344 g/mol. The highest BCUT2D eigenvalue weighted by Gasteiger charge is 2.24. The first kappa shape index (κ1) is 16.5. The zero-order valence-corrected chi connectivity index (χ0v) is 13.6. The molecule has 0 heterocycles. The second kappa shape index (κ2) is 4.76. The first-order valence-corrected chi connectivity index (χ1v) is 10.8. The van der Waals surface area contributed by atoms with Crippen molar-refractivity contribution in [2.75, 3.05) is 18.8 Å². The zero-order chi connectivity index (χ0) is 15.2.